The molecule has 1 aromatic rings. The highest BCUT2D eigenvalue weighted by molar-refractivity contribution is 7.92. The Morgan fingerprint density at radius 3 is 2.83 bits per heavy atom. The minimum absolute atomic E-state index is 0.171. The third kappa shape index (κ3) is 4.43. The number of sulfone groups is 1. The van der Waals surface area contributed by atoms with Gasteiger partial charge in [-0.1, -0.05) is 6.07 Å². The van der Waals surface area contributed by atoms with Gasteiger partial charge in [0.05, 0.1) is 10.5 Å². The number of nitrogens with zero attached hydrogens (tertiary/aromatic N) is 3. The van der Waals surface area contributed by atoms with Crippen LogP contribution in [0.3, 0.4) is 0 Å². The SMILES string of the molecule is CCNC(=NCCc1ccccn1)N1CCS(=O)(=O)C(C)(C)C1. The minimum Gasteiger partial charge on any atom is -0.357 e. The average molecular weight is 338 g/mol. The summed E-state index contributed by atoms with van der Waals surface area (Å²) in [6.07, 6.45) is 2.55. The molecular formula is C16H26N4O2S. The lowest BCUT2D eigenvalue weighted by atomic mass is 10.2. The fourth-order valence-corrected chi connectivity index (χ4v) is 3.94. The maximum atomic E-state index is 12.1. The summed E-state index contributed by atoms with van der Waals surface area (Å²) in [7, 11) is -3.04. The van der Waals surface area contributed by atoms with Crippen LogP contribution in [0.25, 0.3) is 0 Å². The van der Waals surface area contributed by atoms with E-state index in [4.69, 9.17) is 0 Å². The summed E-state index contributed by atoms with van der Waals surface area (Å²) in [5.41, 5.74) is 1.01. The van der Waals surface area contributed by atoms with Gasteiger partial charge in [-0.05, 0) is 32.9 Å². The van der Waals surface area contributed by atoms with E-state index in [2.05, 4.69) is 15.3 Å². The first kappa shape index (κ1) is 17.7. The maximum absolute atomic E-state index is 12.1. The summed E-state index contributed by atoms with van der Waals surface area (Å²) in [5, 5.41) is 3.26. The highest BCUT2D eigenvalue weighted by Gasteiger charge is 2.40. The summed E-state index contributed by atoms with van der Waals surface area (Å²) in [6, 6.07) is 5.85. The van der Waals surface area contributed by atoms with Gasteiger partial charge in [-0.3, -0.25) is 9.98 Å². The molecule has 0 bridgehead atoms. The number of hydrogen-bond donors (Lipinski definition) is 1. The Labute approximate surface area is 138 Å². The number of hydrogen-bond acceptors (Lipinski definition) is 4. The van der Waals surface area contributed by atoms with Crippen LogP contribution in [0.15, 0.2) is 29.4 Å². The van der Waals surface area contributed by atoms with Crippen molar-refractivity contribution >= 4 is 15.8 Å². The number of nitrogens with one attached hydrogen (secondary N) is 1. The second-order valence-corrected chi connectivity index (χ2v) is 9.05. The van der Waals surface area contributed by atoms with Gasteiger partial charge in [-0.25, -0.2) is 8.42 Å². The molecule has 0 radical (unpaired) electrons. The molecule has 1 N–H and O–H groups in total. The number of aromatic nitrogens is 1. The molecule has 1 aliphatic rings. The minimum atomic E-state index is -3.04. The topological polar surface area (TPSA) is 74.7 Å². The standard InChI is InChI=1S/C16H26N4O2S/c1-4-17-15(19-10-8-14-7-5-6-9-18-14)20-11-12-23(21,22)16(2,3)13-20/h5-7,9H,4,8,10-13H2,1-3H3,(H,17,19). The largest absolute Gasteiger partial charge is 0.357 e. The Morgan fingerprint density at radius 2 is 2.22 bits per heavy atom. The molecule has 23 heavy (non-hydrogen) atoms. The zero-order valence-corrected chi connectivity index (χ0v) is 14.9. The van der Waals surface area contributed by atoms with E-state index < -0.39 is 14.6 Å². The van der Waals surface area contributed by atoms with Gasteiger partial charge in [0.2, 0.25) is 0 Å². The van der Waals surface area contributed by atoms with Crippen LogP contribution >= 0.6 is 0 Å². The van der Waals surface area contributed by atoms with E-state index in [1.807, 2.05) is 30.0 Å². The monoisotopic (exact) mass is 338 g/mol. The summed E-state index contributed by atoms with van der Waals surface area (Å²) >= 11 is 0. The Balaban J connectivity index is 2.04. The van der Waals surface area contributed by atoms with Crippen LogP contribution in [0.1, 0.15) is 26.5 Å². The lowest BCUT2D eigenvalue weighted by Gasteiger charge is -2.39. The summed E-state index contributed by atoms with van der Waals surface area (Å²) in [6.45, 7) is 7.92. The number of pyridine rings is 1. The number of aliphatic imine (C=N–C) groups is 1. The van der Waals surface area contributed by atoms with Crippen molar-refractivity contribution in [3.8, 4) is 0 Å². The van der Waals surface area contributed by atoms with Crippen LogP contribution < -0.4 is 5.32 Å². The van der Waals surface area contributed by atoms with Crippen molar-refractivity contribution in [3.63, 3.8) is 0 Å². The molecule has 6 nitrogen and oxygen atoms in total. The van der Waals surface area contributed by atoms with E-state index in [9.17, 15) is 8.42 Å². The molecule has 0 amide bonds. The molecule has 0 aromatic carbocycles. The molecule has 1 saturated heterocycles. The first-order chi connectivity index (χ1) is 10.9. The Bertz CT molecular complexity index is 641. The summed E-state index contributed by atoms with van der Waals surface area (Å²) < 4.78 is 23.5. The van der Waals surface area contributed by atoms with Crippen LogP contribution in [0.4, 0.5) is 0 Å². The molecule has 2 rings (SSSR count). The number of guanidine groups is 1. The Morgan fingerprint density at radius 1 is 1.43 bits per heavy atom. The molecule has 0 atom stereocenters. The molecule has 7 heteroatoms. The van der Waals surface area contributed by atoms with Gasteiger partial charge >= 0.3 is 0 Å². The predicted octanol–water partition coefficient (Wildman–Crippen LogP) is 1.10. The maximum Gasteiger partial charge on any atom is 0.194 e. The van der Waals surface area contributed by atoms with Crippen molar-refractivity contribution in [3.05, 3.63) is 30.1 Å². The third-order valence-electron chi connectivity index (χ3n) is 4.03. The lowest BCUT2D eigenvalue weighted by Crippen LogP contribution is -2.57. The van der Waals surface area contributed by atoms with Crippen molar-refractivity contribution in [1.82, 2.24) is 15.2 Å². The van der Waals surface area contributed by atoms with Gasteiger partial charge in [-0.15, -0.1) is 0 Å². The zero-order chi connectivity index (χ0) is 16.9. The lowest BCUT2D eigenvalue weighted by molar-refractivity contribution is 0.353. The van der Waals surface area contributed by atoms with Crippen molar-refractivity contribution in [2.75, 3.05) is 31.9 Å². The van der Waals surface area contributed by atoms with Gasteiger partial charge < -0.3 is 10.2 Å². The molecule has 1 aromatic heterocycles. The van der Waals surface area contributed by atoms with E-state index >= 15 is 0 Å². The van der Waals surface area contributed by atoms with E-state index in [0.717, 1.165) is 24.6 Å². The zero-order valence-electron chi connectivity index (χ0n) is 14.1. The van der Waals surface area contributed by atoms with Gasteiger partial charge in [0.25, 0.3) is 0 Å². The van der Waals surface area contributed by atoms with Gasteiger partial charge in [0.1, 0.15) is 0 Å². The fourth-order valence-electron chi connectivity index (χ4n) is 2.57. The summed E-state index contributed by atoms with van der Waals surface area (Å²) in [5.74, 6) is 0.955. The third-order valence-corrected chi connectivity index (χ3v) is 6.57. The van der Waals surface area contributed by atoms with Crippen molar-refractivity contribution in [2.24, 2.45) is 4.99 Å². The van der Waals surface area contributed by atoms with Crippen LogP contribution in [-0.2, 0) is 16.3 Å². The molecule has 0 saturated carbocycles. The molecule has 128 valence electrons. The quantitative estimate of drug-likeness (QED) is 0.657. The fraction of sp³-hybridized carbons (Fsp3) is 0.625. The molecule has 0 unspecified atom stereocenters. The van der Waals surface area contributed by atoms with Crippen LogP contribution in [0.2, 0.25) is 0 Å². The Hall–Kier alpha value is -1.63. The predicted molar refractivity (Wildman–Crippen MR) is 93.4 cm³/mol. The number of rotatable bonds is 4. The van der Waals surface area contributed by atoms with E-state index in [1.54, 1.807) is 20.0 Å². The molecule has 0 aliphatic carbocycles. The normalized spacial score (nSPS) is 20.3. The first-order valence-electron chi connectivity index (χ1n) is 8.01. The highest BCUT2D eigenvalue weighted by Crippen LogP contribution is 2.23. The molecular weight excluding hydrogens is 312 g/mol. The van der Waals surface area contributed by atoms with Crippen molar-refractivity contribution in [2.45, 2.75) is 31.9 Å². The second kappa shape index (κ2) is 7.29. The highest BCUT2D eigenvalue weighted by atomic mass is 32.2. The average Bonchev–Trinajstić information content (AvgIpc) is 2.50. The van der Waals surface area contributed by atoms with Crippen LogP contribution in [-0.4, -0.2) is 60.9 Å². The van der Waals surface area contributed by atoms with Gasteiger partial charge in [-0.2, -0.15) is 0 Å². The van der Waals surface area contributed by atoms with E-state index in [-0.39, 0.29) is 5.75 Å². The first-order valence-corrected chi connectivity index (χ1v) is 9.66. The molecule has 1 fully saturated rings. The molecule has 0 spiro atoms. The Kier molecular flexibility index (Phi) is 5.62. The smallest absolute Gasteiger partial charge is 0.194 e. The van der Waals surface area contributed by atoms with E-state index in [1.165, 1.54) is 0 Å². The molecule has 2 heterocycles. The summed E-state index contributed by atoms with van der Waals surface area (Å²) in [4.78, 5) is 11.0. The molecule has 1 aliphatic heterocycles. The van der Waals surface area contributed by atoms with Crippen molar-refractivity contribution < 1.29 is 8.42 Å². The van der Waals surface area contributed by atoms with E-state index in [0.29, 0.717) is 19.6 Å². The van der Waals surface area contributed by atoms with Crippen molar-refractivity contribution in [1.29, 1.82) is 0 Å². The van der Waals surface area contributed by atoms with Gasteiger partial charge in [0.15, 0.2) is 15.8 Å². The van der Waals surface area contributed by atoms with Gasteiger partial charge in [0, 0.05) is 44.5 Å². The second-order valence-electron chi connectivity index (χ2n) is 6.31. The van der Waals surface area contributed by atoms with Crippen LogP contribution in [0, 0.1) is 0 Å². The van der Waals surface area contributed by atoms with Crippen LogP contribution in [0.5, 0.6) is 0 Å².